The summed E-state index contributed by atoms with van der Waals surface area (Å²) in [7, 11) is -3.55. The van der Waals surface area contributed by atoms with Gasteiger partial charge in [-0.15, -0.1) is 0 Å². The smallest absolute Gasteiger partial charge is 0.390 e. The fraction of sp³-hybridized carbons (Fsp3) is 0.522. The molecule has 0 spiro atoms. The van der Waals surface area contributed by atoms with Crippen molar-refractivity contribution in [3.8, 4) is 0 Å². The molecule has 6 heteroatoms. The number of rotatable bonds is 10. The van der Waals surface area contributed by atoms with E-state index >= 15 is 0 Å². The quantitative estimate of drug-likeness (QED) is 0.395. The Hall–Kier alpha value is -1.73. The van der Waals surface area contributed by atoms with E-state index in [9.17, 15) is 14.4 Å². The van der Waals surface area contributed by atoms with Crippen LogP contribution in [-0.2, 0) is 9.22 Å². The first-order valence-corrected chi connectivity index (χ1v) is 12.5. The van der Waals surface area contributed by atoms with Gasteiger partial charge >= 0.3 is 8.80 Å². The number of carbonyl (C=O) groups excluding carboxylic acids is 1. The predicted molar refractivity (Wildman–Crippen MR) is 120 cm³/mol. The van der Waals surface area contributed by atoms with Gasteiger partial charge in [-0.1, -0.05) is 44.2 Å². The van der Waals surface area contributed by atoms with Gasteiger partial charge in [-0.25, -0.2) is 0 Å². The molecule has 0 aliphatic rings. The summed E-state index contributed by atoms with van der Waals surface area (Å²) in [5, 5.41) is 5.57. The molecule has 0 aliphatic heterocycles. The van der Waals surface area contributed by atoms with Crippen LogP contribution in [0, 0.1) is 19.8 Å². The van der Waals surface area contributed by atoms with Crippen molar-refractivity contribution in [1.82, 2.24) is 5.32 Å². The Bertz CT molecular complexity index is 835. The molecule has 3 N–H and O–H groups in total. The molecule has 0 radical (unpaired) electrons. The van der Waals surface area contributed by atoms with Crippen LogP contribution in [0.25, 0.3) is 10.8 Å². The maximum atomic E-state index is 12.6. The van der Waals surface area contributed by atoms with E-state index < -0.39 is 8.80 Å². The molecular weight excluding hydrogens is 382 g/mol. The van der Waals surface area contributed by atoms with Gasteiger partial charge in [-0.3, -0.25) is 4.79 Å². The molecule has 2 aromatic rings. The third kappa shape index (κ3) is 6.64. The van der Waals surface area contributed by atoms with Crippen molar-refractivity contribution in [3.63, 3.8) is 0 Å². The highest BCUT2D eigenvalue weighted by Crippen LogP contribution is 2.31. The number of amides is 1. The summed E-state index contributed by atoms with van der Waals surface area (Å²) in [5.41, 5.74) is 3.65. The minimum Gasteiger partial charge on any atom is -0.390 e. The molecule has 0 saturated heterocycles. The van der Waals surface area contributed by atoms with E-state index in [4.69, 9.17) is 4.43 Å². The number of benzene rings is 2. The van der Waals surface area contributed by atoms with E-state index in [0.717, 1.165) is 5.56 Å². The maximum Gasteiger partial charge on any atom is 0.495 e. The second-order valence-electron chi connectivity index (χ2n) is 8.18. The molecule has 5 nitrogen and oxygen atoms in total. The maximum absolute atomic E-state index is 12.6. The molecule has 0 heterocycles. The van der Waals surface area contributed by atoms with Crippen LogP contribution in [0.1, 0.15) is 62.8 Å². The summed E-state index contributed by atoms with van der Waals surface area (Å²) < 4.78 is 5.00. The molecule has 0 aliphatic carbocycles. The summed E-state index contributed by atoms with van der Waals surface area (Å²) in [5.74, 6) is 0.239. The molecule has 0 fully saturated rings. The van der Waals surface area contributed by atoms with Crippen molar-refractivity contribution < 1.29 is 18.8 Å². The largest absolute Gasteiger partial charge is 0.495 e. The van der Waals surface area contributed by atoms with Gasteiger partial charge in [0.2, 0.25) is 5.91 Å². The standard InChI is InChI=1S/C23H35NO4Si/c1-6-28-29(26,27)13-8-7-12-22(25)24-23(16(2)3)20-11-9-10-19-14-17(4)18(5)15-21(19)20/h9-11,14-16,23,26-27H,6-8,12-13H2,1-5H3,(H,24,25)/t23-/m1/s1. The normalized spacial score (nSPS) is 13.1. The summed E-state index contributed by atoms with van der Waals surface area (Å²) in [6.07, 6.45) is 1.53. The average Bonchev–Trinajstić information content (AvgIpc) is 2.64. The van der Waals surface area contributed by atoms with Crippen LogP contribution in [-0.4, -0.2) is 30.9 Å². The highest BCUT2D eigenvalue weighted by Gasteiger charge is 2.30. The minimum atomic E-state index is -3.55. The zero-order chi connectivity index (χ0) is 21.6. The van der Waals surface area contributed by atoms with Gasteiger partial charge in [-0.2, -0.15) is 0 Å². The Morgan fingerprint density at radius 2 is 1.83 bits per heavy atom. The van der Waals surface area contributed by atoms with Gasteiger partial charge in [0, 0.05) is 19.1 Å². The van der Waals surface area contributed by atoms with E-state index in [2.05, 4.69) is 63.3 Å². The average molecular weight is 418 g/mol. The van der Waals surface area contributed by atoms with Crippen LogP contribution in [0.5, 0.6) is 0 Å². The molecule has 160 valence electrons. The van der Waals surface area contributed by atoms with Crippen LogP contribution in [0.3, 0.4) is 0 Å². The number of unbranched alkanes of at least 4 members (excludes halogenated alkanes) is 1. The number of hydrogen-bond acceptors (Lipinski definition) is 4. The first-order valence-electron chi connectivity index (χ1n) is 10.5. The Labute approximate surface area is 175 Å². The van der Waals surface area contributed by atoms with Crippen LogP contribution in [0.15, 0.2) is 30.3 Å². The van der Waals surface area contributed by atoms with Crippen molar-refractivity contribution in [2.45, 2.75) is 66.0 Å². The molecule has 0 aromatic heterocycles. The number of fused-ring (bicyclic) bond motifs is 1. The molecule has 29 heavy (non-hydrogen) atoms. The van der Waals surface area contributed by atoms with Gasteiger partial charge in [0.25, 0.3) is 0 Å². The summed E-state index contributed by atoms with van der Waals surface area (Å²) >= 11 is 0. The molecule has 0 saturated carbocycles. The van der Waals surface area contributed by atoms with Crippen LogP contribution in [0.4, 0.5) is 0 Å². The topological polar surface area (TPSA) is 78.8 Å². The fourth-order valence-electron chi connectivity index (χ4n) is 3.64. The van der Waals surface area contributed by atoms with E-state index in [1.807, 2.05) is 0 Å². The monoisotopic (exact) mass is 417 g/mol. The second kappa shape index (κ2) is 10.3. The van der Waals surface area contributed by atoms with Crippen molar-refractivity contribution in [1.29, 1.82) is 0 Å². The van der Waals surface area contributed by atoms with Gasteiger partial charge in [0.05, 0.1) is 6.04 Å². The fourth-order valence-corrected chi connectivity index (χ4v) is 4.95. The van der Waals surface area contributed by atoms with Crippen LogP contribution >= 0.6 is 0 Å². The molecule has 1 atom stereocenters. The zero-order valence-corrected chi connectivity index (χ0v) is 19.3. The Balaban J connectivity index is 2.06. The van der Waals surface area contributed by atoms with Crippen LogP contribution < -0.4 is 5.32 Å². The molecule has 2 rings (SSSR count). The molecular formula is C23H35NO4Si. The highest BCUT2D eigenvalue weighted by molar-refractivity contribution is 6.57. The zero-order valence-electron chi connectivity index (χ0n) is 18.3. The molecule has 0 bridgehead atoms. The van der Waals surface area contributed by atoms with E-state index in [1.54, 1.807) is 6.92 Å². The first-order chi connectivity index (χ1) is 13.6. The van der Waals surface area contributed by atoms with Gasteiger partial charge < -0.3 is 19.3 Å². The molecule has 1 amide bonds. The number of nitrogens with one attached hydrogen (secondary N) is 1. The summed E-state index contributed by atoms with van der Waals surface area (Å²) in [6.45, 7) is 10.5. The lowest BCUT2D eigenvalue weighted by Gasteiger charge is -2.25. The second-order valence-corrected chi connectivity index (χ2v) is 10.5. The Morgan fingerprint density at radius 1 is 1.14 bits per heavy atom. The third-order valence-corrected chi connectivity index (χ3v) is 7.13. The lowest BCUT2D eigenvalue weighted by molar-refractivity contribution is -0.122. The summed E-state index contributed by atoms with van der Waals surface area (Å²) in [4.78, 5) is 32.1. The van der Waals surface area contributed by atoms with Crippen molar-refractivity contribution in [2.75, 3.05) is 6.61 Å². The van der Waals surface area contributed by atoms with Crippen LogP contribution in [0.2, 0.25) is 6.04 Å². The lowest BCUT2D eigenvalue weighted by Crippen LogP contribution is -2.38. The number of carbonyl (C=O) groups is 1. The molecule has 0 unspecified atom stereocenters. The van der Waals surface area contributed by atoms with E-state index in [-0.39, 0.29) is 23.9 Å². The number of aryl methyl sites for hydroxylation is 2. The van der Waals surface area contributed by atoms with Gasteiger partial charge in [-0.05, 0) is 67.0 Å². The Kier molecular flexibility index (Phi) is 8.40. The minimum absolute atomic E-state index is 0.0101. The van der Waals surface area contributed by atoms with Crippen molar-refractivity contribution in [3.05, 3.63) is 47.0 Å². The van der Waals surface area contributed by atoms with Gasteiger partial charge in [0.1, 0.15) is 0 Å². The first kappa shape index (κ1) is 23.5. The van der Waals surface area contributed by atoms with Gasteiger partial charge in [0.15, 0.2) is 0 Å². The van der Waals surface area contributed by atoms with Crippen molar-refractivity contribution in [2.24, 2.45) is 5.92 Å². The SMILES string of the molecule is CCO[Si](O)(O)CCCCC(=O)N[C@@H](c1cccc2cc(C)c(C)cc12)C(C)C. The summed E-state index contributed by atoms with van der Waals surface area (Å²) in [6, 6.07) is 10.8. The van der Waals surface area contributed by atoms with E-state index in [0.29, 0.717) is 25.9 Å². The highest BCUT2D eigenvalue weighted by atomic mass is 28.4. The Morgan fingerprint density at radius 3 is 2.48 bits per heavy atom. The third-order valence-electron chi connectivity index (χ3n) is 5.38. The lowest BCUT2D eigenvalue weighted by atomic mass is 9.90. The van der Waals surface area contributed by atoms with E-state index in [1.165, 1.54) is 21.9 Å². The number of hydrogen-bond donors (Lipinski definition) is 3. The molecule has 2 aromatic carbocycles. The van der Waals surface area contributed by atoms with Crippen molar-refractivity contribution >= 4 is 25.5 Å². The predicted octanol–water partition coefficient (Wildman–Crippen LogP) is 4.40.